The molecule has 5 heteroatoms. The SMILES string of the molecule is CS(=O)(=O)/N=C(/Cc1ccccc1)OCc1ccccc1. The van der Waals surface area contributed by atoms with Gasteiger partial charge in [0.2, 0.25) is 5.90 Å². The molecule has 0 fully saturated rings. The normalized spacial score (nSPS) is 12.1. The maximum atomic E-state index is 11.4. The summed E-state index contributed by atoms with van der Waals surface area (Å²) >= 11 is 0. The maximum absolute atomic E-state index is 11.4. The summed E-state index contributed by atoms with van der Waals surface area (Å²) < 4.78 is 32.0. The van der Waals surface area contributed by atoms with Gasteiger partial charge in [-0.15, -0.1) is 4.40 Å². The summed E-state index contributed by atoms with van der Waals surface area (Å²) in [6.45, 7) is 0.294. The molecule has 0 amide bonds. The molecule has 4 nitrogen and oxygen atoms in total. The summed E-state index contributed by atoms with van der Waals surface area (Å²) in [5, 5.41) is 0. The minimum atomic E-state index is -3.48. The van der Waals surface area contributed by atoms with Crippen LogP contribution in [0, 0.1) is 0 Å². The fraction of sp³-hybridized carbons (Fsp3) is 0.188. The fourth-order valence-corrected chi connectivity index (χ4v) is 2.29. The van der Waals surface area contributed by atoms with E-state index in [1.165, 1.54) is 0 Å². The highest BCUT2D eigenvalue weighted by atomic mass is 32.2. The topological polar surface area (TPSA) is 55.7 Å². The Morgan fingerprint density at radius 1 is 0.952 bits per heavy atom. The molecule has 0 N–H and O–H groups in total. The number of hydrogen-bond donors (Lipinski definition) is 0. The first kappa shape index (κ1) is 15.3. The molecular formula is C16H17NO3S. The molecule has 0 saturated heterocycles. The summed E-state index contributed by atoms with van der Waals surface area (Å²) in [6.07, 6.45) is 1.41. The largest absolute Gasteiger partial charge is 0.475 e. The van der Waals surface area contributed by atoms with Gasteiger partial charge in [-0.1, -0.05) is 60.7 Å². The van der Waals surface area contributed by atoms with Gasteiger partial charge in [0.05, 0.1) is 6.26 Å². The van der Waals surface area contributed by atoms with Gasteiger partial charge in [0.15, 0.2) is 0 Å². The Morgan fingerprint density at radius 2 is 1.48 bits per heavy atom. The number of hydrogen-bond acceptors (Lipinski definition) is 3. The Labute approximate surface area is 125 Å². The van der Waals surface area contributed by atoms with E-state index in [9.17, 15) is 8.42 Å². The highest BCUT2D eigenvalue weighted by Crippen LogP contribution is 2.07. The van der Waals surface area contributed by atoms with Crippen molar-refractivity contribution >= 4 is 15.9 Å². The van der Waals surface area contributed by atoms with Gasteiger partial charge in [-0.3, -0.25) is 0 Å². The third-order valence-corrected chi connectivity index (χ3v) is 3.25. The summed E-state index contributed by atoms with van der Waals surface area (Å²) in [5.74, 6) is 0.201. The summed E-state index contributed by atoms with van der Waals surface area (Å²) in [5.41, 5.74) is 1.92. The van der Waals surface area contributed by atoms with Crippen molar-refractivity contribution in [3.05, 3.63) is 71.8 Å². The van der Waals surface area contributed by atoms with Crippen molar-refractivity contribution in [2.45, 2.75) is 13.0 Å². The summed E-state index contributed by atoms with van der Waals surface area (Å²) in [7, 11) is -3.48. The minimum Gasteiger partial charge on any atom is -0.475 e. The van der Waals surface area contributed by atoms with E-state index in [1.54, 1.807) is 0 Å². The second-order valence-corrected chi connectivity index (χ2v) is 6.30. The molecule has 0 aromatic heterocycles. The van der Waals surface area contributed by atoms with E-state index >= 15 is 0 Å². The zero-order valence-corrected chi connectivity index (χ0v) is 12.6. The van der Waals surface area contributed by atoms with E-state index in [4.69, 9.17) is 4.74 Å². The molecule has 0 unspecified atom stereocenters. The molecule has 0 aliphatic heterocycles. The second-order valence-electron chi connectivity index (χ2n) is 4.65. The van der Waals surface area contributed by atoms with Crippen LogP contribution in [0.15, 0.2) is 65.1 Å². The molecule has 0 atom stereocenters. The van der Waals surface area contributed by atoms with Crippen LogP contribution in [0.5, 0.6) is 0 Å². The fourth-order valence-electron chi connectivity index (χ4n) is 1.81. The summed E-state index contributed by atoms with van der Waals surface area (Å²) in [4.78, 5) is 0. The Morgan fingerprint density at radius 3 is 2.00 bits per heavy atom. The Bertz CT molecular complexity index is 695. The molecule has 0 bridgehead atoms. The smallest absolute Gasteiger partial charge is 0.253 e. The molecule has 0 aliphatic carbocycles. The molecule has 0 heterocycles. The standard InChI is InChI=1S/C16H17NO3S/c1-21(18,19)17-16(12-14-8-4-2-5-9-14)20-13-15-10-6-3-7-11-15/h2-11H,12-13H2,1H3/b17-16-. The Kier molecular flexibility index (Phi) is 5.11. The molecule has 110 valence electrons. The number of ether oxygens (including phenoxy) is 1. The van der Waals surface area contributed by atoms with Crippen molar-refractivity contribution in [3.63, 3.8) is 0 Å². The molecule has 0 saturated carbocycles. The Hall–Kier alpha value is -2.14. The lowest BCUT2D eigenvalue weighted by atomic mass is 10.1. The second kappa shape index (κ2) is 7.04. The van der Waals surface area contributed by atoms with E-state index in [0.29, 0.717) is 13.0 Å². The van der Waals surface area contributed by atoms with Gasteiger partial charge in [0.1, 0.15) is 6.61 Å². The predicted molar refractivity (Wildman–Crippen MR) is 83.7 cm³/mol. The average Bonchev–Trinajstić information content (AvgIpc) is 2.45. The molecule has 21 heavy (non-hydrogen) atoms. The van der Waals surface area contributed by atoms with Crippen LogP contribution in [-0.2, 0) is 27.8 Å². The van der Waals surface area contributed by atoms with E-state index in [1.807, 2.05) is 60.7 Å². The number of sulfonamides is 1. The van der Waals surface area contributed by atoms with Gasteiger partial charge in [0.25, 0.3) is 10.0 Å². The van der Waals surface area contributed by atoms with Crippen LogP contribution in [0.25, 0.3) is 0 Å². The van der Waals surface area contributed by atoms with Crippen molar-refractivity contribution in [2.75, 3.05) is 6.26 Å². The highest BCUT2D eigenvalue weighted by molar-refractivity contribution is 7.89. The first-order valence-electron chi connectivity index (χ1n) is 6.52. The van der Waals surface area contributed by atoms with E-state index in [2.05, 4.69) is 4.40 Å². The first-order chi connectivity index (χ1) is 10.0. The maximum Gasteiger partial charge on any atom is 0.253 e. The average molecular weight is 303 g/mol. The summed E-state index contributed by atoms with van der Waals surface area (Å²) in [6, 6.07) is 19.1. The Balaban J connectivity index is 2.12. The van der Waals surface area contributed by atoms with Crippen LogP contribution < -0.4 is 0 Å². The lowest BCUT2D eigenvalue weighted by Crippen LogP contribution is -2.11. The molecule has 0 radical (unpaired) electrons. The van der Waals surface area contributed by atoms with Gasteiger partial charge in [-0.05, 0) is 11.1 Å². The van der Waals surface area contributed by atoms with Crippen molar-refractivity contribution in [1.82, 2.24) is 0 Å². The highest BCUT2D eigenvalue weighted by Gasteiger charge is 2.08. The molecule has 0 aliphatic rings. The molecule has 2 rings (SSSR count). The van der Waals surface area contributed by atoms with Crippen LogP contribution in [0.3, 0.4) is 0 Å². The quantitative estimate of drug-likeness (QED) is 0.630. The predicted octanol–water partition coefficient (Wildman–Crippen LogP) is 2.80. The van der Waals surface area contributed by atoms with Gasteiger partial charge in [-0.2, -0.15) is 0 Å². The van der Waals surface area contributed by atoms with Crippen molar-refractivity contribution in [2.24, 2.45) is 4.40 Å². The van der Waals surface area contributed by atoms with Crippen LogP contribution in [0.2, 0.25) is 0 Å². The van der Waals surface area contributed by atoms with Gasteiger partial charge in [-0.25, -0.2) is 8.42 Å². The number of benzene rings is 2. The number of nitrogens with zero attached hydrogens (tertiary/aromatic N) is 1. The van der Waals surface area contributed by atoms with Crippen molar-refractivity contribution in [3.8, 4) is 0 Å². The molecule has 2 aromatic rings. The van der Waals surface area contributed by atoms with Crippen LogP contribution in [-0.4, -0.2) is 20.6 Å². The monoisotopic (exact) mass is 303 g/mol. The molecular weight excluding hydrogens is 286 g/mol. The lowest BCUT2D eigenvalue weighted by molar-refractivity contribution is 0.286. The van der Waals surface area contributed by atoms with Crippen LogP contribution in [0.4, 0.5) is 0 Å². The van der Waals surface area contributed by atoms with Crippen molar-refractivity contribution in [1.29, 1.82) is 0 Å². The number of rotatable bonds is 5. The van der Waals surface area contributed by atoms with E-state index < -0.39 is 10.0 Å². The third-order valence-electron chi connectivity index (χ3n) is 2.71. The molecule has 0 spiro atoms. The third kappa shape index (κ3) is 5.79. The zero-order valence-electron chi connectivity index (χ0n) is 11.8. The minimum absolute atomic E-state index is 0.201. The van der Waals surface area contributed by atoms with Gasteiger partial charge >= 0.3 is 0 Å². The lowest BCUT2D eigenvalue weighted by Gasteiger charge is -2.09. The van der Waals surface area contributed by atoms with E-state index in [0.717, 1.165) is 17.4 Å². The van der Waals surface area contributed by atoms with Gasteiger partial charge < -0.3 is 4.74 Å². The van der Waals surface area contributed by atoms with Crippen molar-refractivity contribution < 1.29 is 13.2 Å². The molecule has 2 aromatic carbocycles. The van der Waals surface area contributed by atoms with Gasteiger partial charge in [0, 0.05) is 6.42 Å². The zero-order chi connectivity index (χ0) is 15.1. The van der Waals surface area contributed by atoms with E-state index in [-0.39, 0.29) is 5.90 Å². The first-order valence-corrected chi connectivity index (χ1v) is 8.37. The van der Waals surface area contributed by atoms with Crippen LogP contribution >= 0.6 is 0 Å². The van der Waals surface area contributed by atoms with Crippen LogP contribution in [0.1, 0.15) is 11.1 Å².